The zero-order chi connectivity index (χ0) is 61.4. The van der Waals surface area contributed by atoms with E-state index in [1.165, 1.54) is 175 Å². The minimum atomic E-state index is -0.582. The number of para-hydroxylation sites is 2. The molecular weight excluding hydrogens is 1140 g/mol. The van der Waals surface area contributed by atoms with Gasteiger partial charge in [0.05, 0.1) is 27.7 Å². The lowest BCUT2D eigenvalue weighted by Gasteiger charge is -2.41. The summed E-state index contributed by atoms with van der Waals surface area (Å²) in [6.45, 7) is 6.70. The average molecular weight is 1200 g/mol. The van der Waals surface area contributed by atoms with Gasteiger partial charge in [0.1, 0.15) is 0 Å². The van der Waals surface area contributed by atoms with Crippen LogP contribution in [0.5, 0.6) is 0 Å². The number of aromatic nitrogens is 2. The molecule has 0 bridgehead atoms. The normalized spacial score (nSPS) is 13.4. The Morgan fingerprint density at radius 3 is 1.70 bits per heavy atom. The monoisotopic (exact) mass is 1200 g/mol. The lowest BCUT2D eigenvalue weighted by atomic mass is 9.33. The van der Waals surface area contributed by atoms with Crippen molar-refractivity contribution in [3.8, 4) is 55.9 Å². The second kappa shape index (κ2) is 19.6. The zero-order valence-electron chi connectivity index (χ0n) is 51.6. The number of rotatable bonds is 7. The summed E-state index contributed by atoms with van der Waals surface area (Å²) in [6, 6.07) is 113. The molecule has 0 spiro atoms. The molecule has 0 unspecified atom stereocenters. The summed E-state index contributed by atoms with van der Waals surface area (Å²) < 4.78 is 7.87. The van der Waals surface area contributed by atoms with E-state index in [-0.39, 0.29) is 6.71 Å². The van der Waals surface area contributed by atoms with Crippen molar-refractivity contribution in [1.82, 2.24) is 9.13 Å². The van der Waals surface area contributed by atoms with Gasteiger partial charge in [-0.05, 0) is 188 Å². The van der Waals surface area contributed by atoms with Crippen LogP contribution in [0.4, 0.5) is 17.1 Å². The second-order valence-electron chi connectivity index (χ2n) is 26.0. The Morgan fingerprint density at radius 1 is 0.333 bits per heavy atom. The number of anilines is 3. The Morgan fingerprint density at radius 2 is 0.946 bits per heavy atom. The summed E-state index contributed by atoms with van der Waals surface area (Å²) in [5, 5.41) is 7.60. The predicted molar refractivity (Wildman–Crippen MR) is 395 cm³/mol. The molecule has 2 aliphatic heterocycles. The fourth-order valence-corrected chi connectivity index (χ4v) is 18.5. The third-order valence-corrected chi connectivity index (χ3v) is 22.1. The van der Waals surface area contributed by atoms with Crippen molar-refractivity contribution in [2.24, 2.45) is 0 Å². The summed E-state index contributed by atoms with van der Waals surface area (Å²) in [5.74, 6) is 0. The quantitative estimate of drug-likeness (QED) is 0.145. The van der Waals surface area contributed by atoms with E-state index in [1.54, 1.807) is 0 Å². The number of hydrogen-bond donors (Lipinski definition) is 0. The summed E-state index contributed by atoms with van der Waals surface area (Å²) in [6.07, 6.45) is 0. The van der Waals surface area contributed by atoms with Gasteiger partial charge in [0, 0.05) is 75.5 Å². The van der Waals surface area contributed by atoms with E-state index < -0.39 is 5.41 Å². The van der Waals surface area contributed by atoms with Crippen LogP contribution >= 0.6 is 11.3 Å². The van der Waals surface area contributed by atoms with Gasteiger partial charge in [0.25, 0.3) is 6.71 Å². The van der Waals surface area contributed by atoms with Gasteiger partial charge >= 0.3 is 0 Å². The molecule has 3 aromatic heterocycles. The Kier molecular flexibility index (Phi) is 11.1. The van der Waals surface area contributed by atoms with Gasteiger partial charge in [-0.25, -0.2) is 0 Å². The maximum absolute atomic E-state index is 2.69. The Balaban J connectivity index is 0.963. The van der Waals surface area contributed by atoms with Crippen molar-refractivity contribution < 1.29 is 0 Å². The molecule has 3 aliphatic rings. The van der Waals surface area contributed by atoms with E-state index in [9.17, 15) is 0 Å². The van der Waals surface area contributed by atoms with Crippen molar-refractivity contribution in [1.29, 1.82) is 0 Å². The third kappa shape index (κ3) is 7.31. The molecule has 434 valence electrons. The fourth-order valence-electron chi connectivity index (χ4n) is 17.4. The molecule has 5 heteroatoms. The number of aryl methyl sites for hydroxylation is 3. The van der Waals surface area contributed by atoms with Crippen LogP contribution in [0.25, 0.3) is 120 Å². The SMILES string of the molecule is Cc1cc(C)c(-c2cc3c4c(c2)-n2c5cc6sc7ccccc7c6cc5c5cccc(c52)B4c2cc4c(cc2N3c2ccc(-c3ccccc3)cc2-c2ccccc2)c2cc3c(cc2n4-c2ccccc2)C(c2ccccc2)(c2ccccc2)c2ccccc2-3)c(C)c1. The molecule has 0 atom stereocenters. The van der Waals surface area contributed by atoms with Crippen molar-refractivity contribution in [2.45, 2.75) is 26.2 Å². The maximum Gasteiger partial charge on any atom is 0.252 e. The fraction of sp³-hybridized carbons (Fsp3) is 0.0455. The minimum Gasteiger partial charge on any atom is -0.311 e. The Labute approximate surface area is 544 Å². The molecule has 5 heterocycles. The van der Waals surface area contributed by atoms with E-state index in [4.69, 9.17) is 0 Å². The van der Waals surface area contributed by atoms with Crippen molar-refractivity contribution in [2.75, 3.05) is 4.90 Å². The van der Waals surface area contributed by atoms with Crippen molar-refractivity contribution >= 4 is 115 Å². The average Bonchev–Trinajstić information content (AvgIpc) is 1.67. The number of nitrogens with zero attached hydrogens (tertiary/aromatic N) is 3. The summed E-state index contributed by atoms with van der Waals surface area (Å²) in [5.41, 5.74) is 32.6. The first kappa shape index (κ1) is 52.5. The number of thiophene rings is 1. The van der Waals surface area contributed by atoms with Gasteiger partial charge in [-0.1, -0.05) is 224 Å². The lowest BCUT2D eigenvalue weighted by Crippen LogP contribution is -2.60. The van der Waals surface area contributed by atoms with Crippen molar-refractivity contribution in [3.63, 3.8) is 0 Å². The van der Waals surface area contributed by atoms with Crippen LogP contribution in [-0.4, -0.2) is 15.8 Å². The van der Waals surface area contributed by atoms with Gasteiger partial charge in [-0.2, -0.15) is 0 Å². The van der Waals surface area contributed by atoms with Crippen LogP contribution in [0.15, 0.2) is 297 Å². The molecule has 14 aromatic carbocycles. The van der Waals surface area contributed by atoms with E-state index >= 15 is 0 Å². The van der Waals surface area contributed by atoms with Crippen LogP contribution in [-0.2, 0) is 5.41 Å². The Bertz CT molecular complexity index is 5960. The minimum absolute atomic E-state index is 0.144. The highest BCUT2D eigenvalue weighted by Crippen LogP contribution is 2.58. The zero-order valence-corrected chi connectivity index (χ0v) is 52.4. The van der Waals surface area contributed by atoms with Gasteiger partial charge in [-0.15, -0.1) is 11.3 Å². The largest absolute Gasteiger partial charge is 0.311 e. The molecule has 0 amide bonds. The first-order chi connectivity index (χ1) is 45.9. The van der Waals surface area contributed by atoms with Crippen LogP contribution in [0.2, 0.25) is 0 Å². The summed E-state index contributed by atoms with van der Waals surface area (Å²) >= 11 is 1.90. The molecule has 0 N–H and O–H groups in total. The van der Waals surface area contributed by atoms with Crippen LogP contribution < -0.4 is 21.3 Å². The molecule has 0 saturated carbocycles. The van der Waals surface area contributed by atoms with Gasteiger partial charge in [0.15, 0.2) is 0 Å². The second-order valence-corrected chi connectivity index (χ2v) is 27.1. The van der Waals surface area contributed by atoms with Crippen molar-refractivity contribution in [3.05, 3.63) is 336 Å². The molecule has 93 heavy (non-hydrogen) atoms. The topological polar surface area (TPSA) is 13.1 Å². The van der Waals surface area contributed by atoms with E-state index in [1.807, 2.05) is 11.3 Å². The van der Waals surface area contributed by atoms with E-state index in [2.05, 4.69) is 332 Å². The molecule has 0 saturated heterocycles. The number of benzene rings is 14. The van der Waals surface area contributed by atoms with E-state index in [0.29, 0.717) is 0 Å². The van der Waals surface area contributed by atoms with E-state index in [0.717, 1.165) is 16.9 Å². The highest BCUT2D eigenvalue weighted by atomic mass is 32.1. The molecule has 3 nitrogen and oxygen atoms in total. The van der Waals surface area contributed by atoms with Crippen LogP contribution in [0.3, 0.4) is 0 Å². The number of fused-ring (bicyclic) bond motifs is 16. The lowest BCUT2D eigenvalue weighted by molar-refractivity contribution is 0.769. The summed E-state index contributed by atoms with van der Waals surface area (Å²) in [7, 11) is 0. The van der Waals surface area contributed by atoms with Gasteiger partial charge in [-0.3, -0.25) is 0 Å². The smallest absolute Gasteiger partial charge is 0.252 e. The standard InChI is InChI=1S/C88H58BN3S/c1-53-42-54(2)85(55(3)43-53)59-45-81-86-82(46-59)92-79-52-84-71(64-35-20-22-39-83(64)93-84)48-68(79)65-36-23-38-74(87(65)92)89(86)75-51-78-70(49-80(75)91(81)76-41-40-58(56-24-9-4-10-25-56)44-66(76)57-26-11-5-12-27-57)69-47-67-63-34-19-21-37-72(63)88(60-28-13-6-14-29-60,61-30-15-7-16-31-61)73(67)50-77(69)90(78)62-32-17-8-18-33-62/h4-52H,1-3H3. The molecule has 0 radical (unpaired) electrons. The summed E-state index contributed by atoms with van der Waals surface area (Å²) in [4.78, 5) is 2.69. The first-order valence-corrected chi connectivity index (χ1v) is 33.3. The Hall–Kier alpha value is -11.2. The molecule has 20 rings (SSSR count). The molecule has 17 aromatic rings. The van der Waals surface area contributed by atoms with Gasteiger partial charge < -0.3 is 14.0 Å². The van der Waals surface area contributed by atoms with Crippen LogP contribution in [0.1, 0.15) is 38.9 Å². The predicted octanol–water partition coefficient (Wildman–Crippen LogP) is 21.2. The third-order valence-electron chi connectivity index (χ3n) is 21.0. The molecule has 0 fully saturated rings. The molecule has 1 aliphatic carbocycles. The van der Waals surface area contributed by atoms with Crippen LogP contribution in [0, 0.1) is 20.8 Å². The van der Waals surface area contributed by atoms with Gasteiger partial charge in [0.2, 0.25) is 0 Å². The maximum atomic E-state index is 2.69. The number of hydrogen-bond acceptors (Lipinski definition) is 2. The molecular formula is C88H58BN3S. The highest BCUT2D eigenvalue weighted by Gasteiger charge is 2.48. The first-order valence-electron chi connectivity index (χ1n) is 32.5. The highest BCUT2D eigenvalue weighted by molar-refractivity contribution is 7.25.